The summed E-state index contributed by atoms with van der Waals surface area (Å²) in [5.41, 5.74) is 2.80. The molecular weight excluding hydrogens is 579 g/mol. The Morgan fingerprint density at radius 1 is 0.892 bits per heavy atom. The van der Waals surface area contributed by atoms with Gasteiger partial charge >= 0.3 is 0 Å². The molecule has 2 aliphatic carbocycles. The number of hydrogen-bond donors (Lipinski definition) is 0. The number of halogens is 1. The van der Waals surface area contributed by atoms with Crippen LogP contribution in [0.4, 0.5) is 0 Å². The highest BCUT2D eigenvalue weighted by molar-refractivity contribution is 14.1. The maximum absolute atomic E-state index is 13.6. The number of ether oxygens (including phenoxy) is 3. The molecule has 37 heavy (non-hydrogen) atoms. The van der Waals surface area contributed by atoms with Crippen LogP contribution in [0.1, 0.15) is 70.4 Å². The molecule has 6 heteroatoms. The molecule has 1 heterocycles. The minimum absolute atomic E-state index is 0.0545. The summed E-state index contributed by atoms with van der Waals surface area (Å²) in [6.07, 6.45) is 2.20. The Hall–Kier alpha value is -2.61. The normalized spacial score (nSPS) is 20.8. The van der Waals surface area contributed by atoms with E-state index in [9.17, 15) is 9.59 Å². The van der Waals surface area contributed by atoms with E-state index in [1.165, 1.54) is 0 Å². The van der Waals surface area contributed by atoms with Gasteiger partial charge in [-0.05, 0) is 56.7 Å². The second kappa shape index (κ2) is 9.61. The van der Waals surface area contributed by atoms with Gasteiger partial charge in [-0.15, -0.1) is 0 Å². The number of methoxy groups -OCH3 is 1. The van der Waals surface area contributed by atoms with Crippen LogP contribution >= 0.6 is 22.6 Å². The summed E-state index contributed by atoms with van der Waals surface area (Å²) in [6.45, 7) is 8.79. The average Bonchev–Trinajstić information content (AvgIpc) is 2.80. The maximum atomic E-state index is 13.6. The molecule has 0 atom stereocenters. The molecule has 2 aromatic carbocycles. The van der Waals surface area contributed by atoms with E-state index in [1.807, 2.05) is 42.5 Å². The summed E-state index contributed by atoms with van der Waals surface area (Å²) in [5.74, 6) is 2.32. The number of hydrogen-bond acceptors (Lipinski definition) is 5. The van der Waals surface area contributed by atoms with Crippen LogP contribution in [-0.2, 0) is 20.9 Å². The van der Waals surface area contributed by atoms with Gasteiger partial charge in [0.1, 0.15) is 18.1 Å². The van der Waals surface area contributed by atoms with E-state index in [4.69, 9.17) is 14.2 Å². The van der Waals surface area contributed by atoms with E-state index in [0.29, 0.717) is 66.5 Å². The number of Topliss-reactive ketones (excluding diaryl/α,β-unsaturated/α-hetero) is 2. The minimum Gasteiger partial charge on any atom is -0.493 e. The summed E-state index contributed by atoms with van der Waals surface area (Å²) in [5, 5.41) is 0. The topological polar surface area (TPSA) is 61.8 Å². The predicted molar refractivity (Wildman–Crippen MR) is 150 cm³/mol. The number of ketones is 2. The SMILES string of the molecule is COc1cc(C2C3=C(CC(C)(C)CC3=O)OC3=C2C(=O)CC(C)(C)C3)cc(I)c1OCc1ccccc1. The minimum atomic E-state index is -0.462. The van der Waals surface area contributed by atoms with Gasteiger partial charge in [0.25, 0.3) is 0 Å². The Bertz CT molecular complexity index is 1280. The van der Waals surface area contributed by atoms with Crippen molar-refractivity contribution in [1.29, 1.82) is 0 Å². The summed E-state index contributed by atoms with van der Waals surface area (Å²) in [6, 6.07) is 13.9. The molecule has 0 radical (unpaired) electrons. The standard InChI is InChI=1S/C31H33IO5/c1-30(2)13-21(33)27-24(15-30)37-25-16-31(3,4)14-22(34)28(25)26(27)19-11-20(32)29(23(12-19)35-5)36-17-18-9-7-6-8-10-18/h6-12,26H,13-17H2,1-5H3. The van der Waals surface area contributed by atoms with Crippen molar-refractivity contribution in [2.24, 2.45) is 10.8 Å². The van der Waals surface area contributed by atoms with Crippen molar-refractivity contribution in [3.63, 3.8) is 0 Å². The summed E-state index contributed by atoms with van der Waals surface area (Å²) >= 11 is 2.25. The molecule has 5 nitrogen and oxygen atoms in total. The number of allylic oxidation sites excluding steroid dienone is 4. The van der Waals surface area contributed by atoms with Gasteiger partial charge in [-0.3, -0.25) is 9.59 Å². The molecule has 2 aromatic rings. The molecule has 0 unspecified atom stereocenters. The van der Waals surface area contributed by atoms with Gasteiger partial charge in [0.15, 0.2) is 23.1 Å². The molecule has 0 N–H and O–H groups in total. The summed E-state index contributed by atoms with van der Waals surface area (Å²) in [4.78, 5) is 27.1. The molecule has 0 saturated carbocycles. The van der Waals surface area contributed by atoms with Gasteiger partial charge in [0, 0.05) is 42.7 Å². The van der Waals surface area contributed by atoms with Crippen molar-refractivity contribution in [1.82, 2.24) is 0 Å². The molecule has 0 bridgehead atoms. The first kappa shape index (κ1) is 26.0. The fraction of sp³-hybridized carbons (Fsp3) is 0.419. The molecule has 0 amide bonds. The number of carbonyl (C=O) groups excluding carboxylic acids is 2. The molecule has 0 saturated heterocycles. The van der Waals surface area contributed by atoms with E-state index in [-0.39, 0.29) is 22.4 Å². The highest BCUT2D eigenvalue weighted by Crippen LogP contribution is 2.54. The van der Waals surface area contributed by atoms with Gasteiger partial charge in [0.05, 0.1) is 10.7 Å². The fourth-order valence-corrected chi connectivity index (χ4v) is 6.57. The van der Waals surface area contributed by atoms with Crippen LogP contribution in [0, 0.1) is 14.4 Å². The van der Waals surface area contributed by atoms with Gasteiger partial charge in [0.2, 0.25) is 0 Å². The van der Waals surface area contributed by atoms with Gasteiger partial charge in [-0.25, -0.2) is 0 Å². The van der Waals surface area contributed by atoms with Crippen LogP contribution in [0.2, 0.25) is 0 Å². The molecule has 1 aliphatic heterocycles. The first-order valence-electron chi connectivity index (χ1n) is 12.7. The second-order valence-corrected chi connectivity index (χ2v) is 13.1. The third kappa shape index (κ3) is 5.09. The Labute approximate surface area is 232 Å². The largest absolute Gasteiger partial charge is 0.493 e. The highest BCUT2D eigenvalue weighted by Gasteiger charge is 2.48. The van der Waals surface area contributed by atoms with E-state index in [1.54, 1.807) is 7.11 Å². The van der Waals surface area contributed by atoms with E-state index in [2.05, 4.69) is 50.3 Å². The number of carbonyl (C=O) groups is 2. The average molecular weight is 613 g/mol. The molecular formula is C31H33IO5. The molecule has 194 valence electrons. The molecule has 3 aliphatic rings. The zero-order valence-electron chi connectivity index (χ0n) is 22.1. The number of benzene rings is 2. The van der Waals surface area contributed by atoms with E-state index >= 15 is 0 Å². The zero-order chi connectivity index (χ0) is 26.5. The first-order valence-corrected chi connectivity index (χ1v) is 13.8. The van der Waals surface area contributed by atoms with Gasteiger partial charge in [-0.1, -0.05) is 58.0 Å². The Morgan fingerprint density at radius 3 is 2.00 bits per heavy atom. The van der Waals surface area contributed by atoms with Crippen LogP contribution in [0.25, 0.3) is 0 Å². The Morgan fingerprint density at radius 2 is 1.46 bits per heavy atom. The van der Waals surface area contributed by atoms with Crippen LogP contribution in [-0.4, -0.2) is 18.7 Å². The second-order valence-electron chi connectivity index (χ2n) is 11.9. The lowest BCUT2D eigenvalue weighted by Crippen LogP contribution is -2.37. The van der Waals surface area contributed by atoms with Crippen LogP contribution in [0.5, 0.6) is 11.5 Å². The van der Waals surface area contributed by atoms with Crippen molar-refractivity contribution in [2.75, 3.05) is 7.11 Å². The third-order valence-corrected chi connectivity index (χ3v) is 8.19. The van der Waals surface area contributed by atoms with Gasteiger partial charge in [-0.2, -0.15) is 0 Å². The zero-order valence-corrected chi connectivity index (χ0v) is 24.2. The lowest BCUT2D eigenvalue weighted by atomic mass is 9.65. The van der Waals surface area contributed by atoms with Crippen LogP contribution in [0.15, 0.2) is 65.1 Å². The molecule has 5 rings (SSSR count). The van der Waals surface area contributed by atoms with E-state index < -0.39 is 5.92 Å². The lowest BCUT2D eigenvalue weighted by Gasteiger charge is -2.42. The first-order chi connectivity index (χ1) is 17.5. The highest BCUT2D eigenvalue weighted by atomic mass is 127. The van der Waals surface area contributed by atoms with Crippen molar-refractivity contribution >= 4 is 34.2 Å². The number of rotatable bonds is 5. The van der Waals surface area contributed by atoms with Crippen molar-refractivity contribution in [3.05, 3.63) is 79.8 Å². The fourth-order valence-electron chi connectivity index (χ4n) is 5.78. The van der Waals surface area contributed by atoms with Crippen molar-refractivity contribution < 1.29 is 23.8 Å². The Balaban J connectivity index is 1.61. The predicted octanol–water partition coefficient (Wildman–Crippen LogP) is 7.28. The maximum Gasteiger partial charge on any atom is 0.174 e. The smallest absolute Gasteiger partial charge is 0.174 e. The molecule has 0 aromatic heterocycles. The summed E-state index contributed by atoms with van der Waals surface area (Å²) < 4.78 is 19.2. The van der Waals surface area contributed by atoms with E-state index in [0.717, 1.165) is 14.7 Å². The Kier molecular flexibility index (Phi) is 6.75. The third-order valence-electron chi connectivity index (χ3n) is 7.39. The lowest BCUT2D eigenvalue weighted by molar-refractivity contribution is -0.120. The molecule has 0 fully saturated rings. The quantitative estimate of drug-likeness (QED) is 0.332. The van der Waals surface area contributed by atoms with Crippen LogP contribution < -0.4 is 9.47 Å². The monoisotopic (exact) mass is 612 g/mol. The van der Waals surface area contributed by atoms with Crippen molar-refractivity contribution in [2.45, 2.75) is 65.9 Å². The van der Waals surface area contributed by atoms with Crippen molar-refractivity contribution in [3.8, 4) is 11.5 Å². The molecule has 0 spiro atoms. The van der Waals surface area contributed by atoms with Gasteiger partial charge < -0.3 is 14.2 Å². The van der Waals surface area contributed by atoms with Crippen LogP contribution in [0.3, 0.4) is 0 Å². The summed E-state index contributed by atoms with van der Waals surface area (Å²) in [7, 11) is 1.62.